The maximum atomic E-state index is 12.1. The Morgan fingerprint density at radius 3 is 2.22 bits per heavy atom. The Morgan fingerprint density at radius 2 is 1.72 bits per heavy atom. The average Bonchev–Trinajstić information content (AvgIpc) is 2.26. The molecule has 0 saturated heterocycles. The quantitative estimate of drug-likeness (QED) is 0.586. The van der Waals surface area contributed by atoms with Crippen molar-refractivity contribution in [3.05, 3.63) is 12.7 Å². The summed E-state index contributed by atoms with van der Waals surface area (Å²) in [7, 11) is 0. The lowest BCUT2D eigenvalue weighted by Gasteiger charge is -2.56. The highest BCUT2D eigenvalue weighted by atomic mass is 16.1. The average molecular weight is 247 g/mol. The molecule has 0 radical (unpaired) electrons. The maximum absolute atomic E-state index is 12.1. The van der Waals surface area contributed by atoms with Crippen LogP contribution >= 0.6 is 0 Å². The first-order valence-corrected chi connectivity index (χ1v) is 7.57. The Kier molecular flexibility index (Phi) is 3.21. The molecule has 4 aliphatic carbocycles. The van der Waals surface area contributed by atoms with Crippen molar-refractivity contribution < 1.29 is 4.79 Å². The molecular weight excluding hydrogens is 222 g/mol. The van der Waals surface area contributed by atoms with Crippen LogP contribution in [0, 0.1) is 23.2 Å². The minimum atomic E-state index is 0.277. The van der Waals surface area contributed by atoms with Gasteiger partial charge in [0.05, 0.1) is 0 Å². The molecule has 100 valence electrons. The Labute approximate surface area is 110 Å². The van der Waals surface area contributed by atoms with Gasteiger partial charge in [0.1, 0.15) is 0 Å². The first kappa shape index (κ1) is 12.3. The van der Waals surface area contributed by atoms with Gasteiger partial charge in [0.2, 0.25) is 5.91 Å². The molecule has 0 aromatic rings. The Bertz CT molecular complexity index is 312. The van der Waals surface area contributed by atoms with Crippen molar-refractivity contribution in [2.45, 2.75) is 51.4 Å². The van der Waals surface area contributed by atoms with Crippen LogP contribution in [0.2, 0.25) is 0 Å². The van der Waals surface area contributed by atoms with E-state index in [9.17, 15) is 4.79 Å². The van der Waals surface area contributed by atoms with E-state index in [0.29, 0.717) is 5.41 Å². The van der Waals surface area contributed by atoms with Crippen molar-refractivity contribution in [2.75, 3.05) is 6.54 Å². The number of nitrogens with one attached hydrogen (secondary N) is 1. The molecule has 0 aromatic carbocycles. The molecule has 0 heterocycles. The molecule has 4 bridgehead atoms. The normalized spacial score (nSPS) is 40.8. The summed E-state index contributed by atoms with van der Waals surface area (Å²) < 4.78 is 0. The smallest absolute Gasteiger partial charge is 0.220 e. The number of hydrogen-bond acceptors (Lipinski definition) is 1. The summed E-state index contributed by atoms with van der Waals surface area (Å²) in [5.74, 6) is 3.10. The van der Waals surface area contributed by atoms with Crippen molar-refractivity contribution in [1.29, 1.82) is 0 Å². The van der Waals surface area contributed by atoms with Crippen LogP contribution in [0.25, 0.3) is 0 Å². The summed E-state index contributed by atoms with van der Waals surface area (Å²) in [5, 5.41) is 3.05. The third-order valence-corrected chi connectivity index (χ3v) is 5.37. The molecular formula is C16H25NO. The zero-order chi connectivity index (χ0) is 12.6. The second-order valence-corrected chi connectivity index (χ2v) is 7.02. The zero-order valence-electron chi connectivity index (χ0n) is 11.3. The molecule has 4 aliphatic rings. The Hall–Kier alpha value is -0.790. The van der Waals surface area contributed by atoms with Crippen LogP contribution in [-0.4, -0.2) is 12.5 Å². The molecule has 0 atom stereocenters. The maximum Gasteiger partial charge on any atom is 0.220 e. The van der Waals surface area contributed by atoms with Crippen molar-refractivity contribution >= 4 is 5.91 Å². The largest absolute Gasteiger partial charge is 0.356 e. The first-order chi connectivity index (χ1) is 8.69. The summed E-state index contributed by atoms with van der Waals surface area (Å²) >= 11 is 0. The van der Waals surface area contributed by atoms with Crippen LogP contribution in [0.15, 0.2) is 12.7 Å². The molecule has 18 heavy (non-hydrogen) atoms. The van der Waals surface area contributed by atoms with E-state index in [1.807, 2.05) is 6.08 Å². The van der Waals surface area contributed by atoms with Crippen LogP contribution in [0.5, 0.6) is 0 Å². The van der Waals surface area contributed by atoms with E-state index in [1.54, 1.807) is 0 Å². The van der Waals surface area contributed by atoms with E-state index in [1.165, 1.54) is 38.5 Å². The highest BCUT2D eigenvalue weighted by Gasteiger charge is 2.51. The zero-order valence-corrected chi connectivity index (χ0v) is 11.3. The molecule has 4 fully saturated rings. The number of amides is 1. The van der Waals surface area contributed by atoms with E-state index in [-0.39, 0.29) is 5.91 Å². The van der Waals surface area contributed by atoms with Crippen molar-refractivity contribution in [3.63, 3.8) is 0 Å². The van der Waals surface area contributed by atoms with Crippen molar-refractivity contribution in [3.8, 4) is 0 Å². The molecule has 4 saturated carbocycles. The van der Waals surface area contributed by atoms with Crippen LogP contribution in [-0.2, 0) is 4.79 Å². The molecule has 2 nitrogen and oxygen atoms in total. The Balaban J connectivity index is 1.58. The lowest BCUT2D eigenvalue weighted by atomic mass is 9.49. The van der Waals surface area contributed by atoms with Crippen LogP contribution < -0.4 is 5.32 Å². The molecule has 0 aliphatic heterocycles. The highest BCUT2D eigenvalue weighted by molar-refractivity contribution is 5.76. The highest BCUT2D eigenvalue weighted by Crippen LogP contribution is 2.61. The van der Waals surface area contributed by atoms with Gasteiger partial charge in [0.15, 0.2) is 0 Å². The third kappa shape index (κ3) is 2.34. The van der Waals surface area contributed by atoms with Gasteiger partial charge in [0, 0.05) is 13.0 Å². The van der Waals surface area contributed by atoms with E-state index < -0.39 is 0 Å². The molecule has 0 aromatic heterocycles. The lowest BCUT2D eigenvalue weighted by Crippen LogP contribution is -2.48. The van der Waals surface area contributed by atoms with Gasteiger partial charge in [0.25, 0.3) is 0 Å². The fourth-order valence-corrected chi connectivity index (χ4v) is 5.22. The van der Waals surface area contributed by atoms with E-state index in [2.05, 4.69) is 11.9 Å². The fourth-order valence-electron chi connectivity index (χ4n) is 5.22. The van der Waals surface area contributed by atoms with E-state index in [4.69, 9.17) is 0 Å². The second-order valence-electron chi connectivity index (χ2n) is 7.02. The molecule has 0 spiro atoms. The summed E-state index contributed by atoms with van der Waals surface area (Å²) in [6, 6.07) is 0. The third-order valence-electron chi connectivity index (χ3n) is 5.37. The minimum absolute atomic E-state index is 0.277. The van der Waals surface area contributed by atoms with Crippen LogP contribution in [0.4, 0.5) is 0 Å². The molecule has 1 amide bonds. The van der Waals surface area contributed by atoms with Gasteiger partial charge in [-0.05, 0) is 68.1 Å². The Morgan fingerprint density at radius 1 is 1.17 bits per heavy atom. The predicted octanol–water partition coefficient (Wildman–Crippen LogP) is 3.29. The van der Waals surface area contributed by atoms with E-state index >= 15 is 0 Å². The van der Waals surface area contributed by atoms with Crippen molar-refractivity contribution in [1.82, 2.24) is 5.32 Å². The lowest BCUT2D eigenvalue weighted by molar-refractivity contribution is -0.129. The number of carbonyl (C=O) groups excluding carboxylic acids is 1. The van der Waals surface area contributed by atoms with Gasteiger partial charge in [-0.3, -0.25) is 4.79 Å². The number of carbonyl (C=O) groups is 1. The van der Waals surface area contributed by atoms with E-state index in [0.717, 1.165) is 37.1 Å². The standard InChI is InChI=1S/C16H25NO/c1-2-3-4-17-15(18)11-16-8-12-5-13(9-16)7-14(6-12)10-16/h2,12-14H,1,3-11H2,(H,17,18). The fraction of sp³-hybridized carbons (Fsp3) is 0.812. The summed E-state index contributed by atoms with van der Waals surface area (Å²) in [5.41, 5.74) is 0.382. The second kappa shape index (κ2) is 4.71. The molecule has 0 unspecified atom stereocenters. The summed E-state index contributed by atoms with van der Waals surface area (Å²) in [6.07, 6.45) is 11.9. The minimum Gasteiger partial charge on any atom is -0.356 e. The van der Waals surface area contributed by atoms with Crippen LogP contribution in [0.3, 0.4) is 0 Å². The first-order valence-electron chi connectivity index (χ1n) is 7.57. The van der Waals surface area contributed by atoms with Gasteiger partial charge >= 0.3 is 0 Å². The summed E-state index contributed by atoms with van der Waals surface area (Å²) in [6.45, 7) is 4.45. The molecule has 1 N–H and O–H groups in total. The van der Waals surface area contributed by atoms with Gasteiger partial charge < -0.3 is 5.32 Å². The van der Waals surface area contributed by atoms with Gasteiger partial charge in [-0.2, -0.15) is 0 Å². The number of rotatable bonds is 5. The van der Waals surface area contributed by atoms with Gasteiger partial charge in [-0.15, -0.1) is 6.58 Å². The molecule has 2 heteroatoms. The van der Waals surface area contributed by atoms with Gasteiger partial charge in [-0.25, -0.2) is 0 Å². The van der Waals surface area contributed by atoms with Crippen molar-refractivity contribution in [2.24, 2.45) is 23.2 Å². The predicted molar refractivity (Wildman–Crippen MR) is 73.0 cm³/mol. The topological polar surface area (TPSA) is 29.1 Å². The monoisotopic (exact) mass is 247 g/mol. The molecule has 4 rings (SSSR count). The van der Waals surface area contributed by atoms with Crippen LogP contribution in [0.1, 0.15) is 51.4 Å². The van der Waals surface area contributed by atoms with Gasteiger partial charge in [-0.1, -0.05) is 6.08 Å². The SMILES string of the molecule is C=CCCNC(=O)CC12CC3CC(CC(C3)C1)C2. The number of hydrogen-bond donors (Lipinski definition) is 1. The summed E-state index contributed by atoms with van der Waals surface area (Å²) in [4.78, 5) is 12.1.